The maximum absolute atomic E-state index is 13.2. The molecular formula is C32H44O9. The largest absolute Gasteiger partial charge is 0.472 e. The fourth-order valence-corrected chi connectivity index (χ4v) is 8.81. The first-order valence-electron chi connectivity index (χ1n) is 14.7. The maximum Gasteiger partial charge on any atom is 0.309 e. The van der Waals surface area contributed by atoms with E-state index in [1.807, 2.05) is 34.6 Å². The lowest BCUT2D eigenvalue weighted by atomic mass is 9.41. The van der Waals surface area contributed by atoms with Crippen molar-refractivity contribution in [1.82, 2.24) is 0 Å². The quantitative estimate of drug-likeness (QED) is 0.287. The predicted octanol–water partition coefficient (Wildman–Crippen LogP) is 4.92. The van der Waals surface area contributed by atoms with Crippen molar-refractivity contribution >= 4 is 17.9 Å². The summed E-state index contributed by atoms with van der Waals surface area (Å²) in [7, 11) is 1.36. The minimum atomic E-state index is -1.21. The minimum absolute atomic E-state index is 0.0468. The van der Waals surface area contributed by atoms with Crippen LogP contribution in [0.15, 0.2) is 35.2 Å². The van der Waals surface area contributed by atoms with Gasteiger partial charge in [0.15, 0.2) is 0 Å². The van der Waals surface area contributed by atoms with E-state index in [0.717, 1.165) is 11.1 Å². The van der Waals surface area contributed by atoms with Gasteiger partial charge in [-0.2, -0.15) is 0 Å². The van der Waals surface area contributed by atoms with Gasteiger partial charge in [-0.15, -0.1) is 0 Å². The van der Waals surface area contributed by atoms with Crippen LogP contribution in [-0.4, -0.2) is 54.0 Å². The van der Waals surface area contributed by atoms with Gasteiger partial charge in [0.25, 0.3) is 0 Å². The van der Waals surface area contributed by atoms with Gasteiger partial charge in [0.05, 0.1) is 38.1 Å². The van der Waals surface area contributed by atoms with Crippen LogP contribution in [0, 0.1) is 34.0 Å². The van der Waals surface area contributed by atoms with Crippen LogP contribution < -0.4 is 0 Å². The predicted molar refractivity (Wildman–Crippen MR) is 147 cm³/mol. The Balaban J connectivity index is 1.65. The zero-order chi connectivity index (χ0) is 30.1. The van der Waals surface area contributed by atoms with Crippen LogP contribution in [0.4, 0.5) is 0 Å². The van der Waals surface area contributed by atoms with Crippen LogP contribution in [0.25, 0.3) is 0 Å². The van der Waals surface area contributed by atoms with Crippen molar-refractivity contribution < 1.29 is 42.9 Å². The van der Waals surface area contributed by atoms with Gasteiger partial charge in [-0.3, -0.25) is 14.4 Å². The molecule has 0 aromatic carbocycles. The van der Waals surface area contributed by atoms with E-state index in [1.54, 1.807) is 25.5 Å². The van der Waals surface area contributed by atoms with Crippen LogP contribution in [-0.2, 0) is 33.3 Å². The Morgan fingerprint density at radius 3 is 2.56 bits per heavy atom. The number of ether oxygens (including phenoxy) is 4. The number of hydrogen-bond acceptors (Lipinski definition) is 9. The Kier molecular flexibility index (Phi) is 7.25. The molecule has 9 nitrogen and oxygen atoms in total. The fraction of sp³-hybridized carbons (Fsp3) is 0.719. The fourth-order valence-electron chi connectivity index (χ4n) is 8.81. The standard InChI is InChI=1S/C32H44O9/c1-9-17(2)28(36)40-26-24(35)27-31(7,21(29(26,4)5)14-22(33)37-8)20-10-12-30(6)25(19-11-13-38-16-19)39-23(34)15-32(30,41-27)18(20)3/h11,13,16-17,20-21,24-27,35H,3,9-10,12,14-15H2,1-2,4-8H3. The number of aliphatic hydroxyl groups is 1. The number of furan rings is 1. The summed E-state index contributed by atoms with van der Waals surface area (Å²) in [6.45, 7) is 16.2. The first-order valence-corrected chi connectivity index (χ1v) is 14.7. The van der Waals surface area contributed by atoms with E-state index < -0.39 is 64.1 Å². The molecule has 2 bridgehead atoms. The van der Waals surface area contributed by atoms with Gasteiger partial charge in [-0.25, -0.2) is 0 Å². The van der Waals surface area contributed by atoms with E-state index in [4.69, 9.17) is 23.4 Å². The molecule has 1 aromatic heterocycles. The Hall–Kier alpha value is -2.65. The molecule has 0 amide bonds. The van der Waals surface area contributed by atoms with Crippen molar-refractivity contribution in [1.29, 1.82) is 0 Å². The molecule has 2 aliphatic carbocycles. The lowest BCUT2D eigenvalue weighted by molar-refractivity contribution is -0.339. The van der Waals surface area contributed by atoms with Crippen molar-refractivity contribution in [3.63, 3.8) is 0 Å². The van der Waals surface area contributed by atoms with Gasteiger partial charge in [-0.05, 0) is 42.7 Å². The lowest BCUT2D eigenvalue weighted by Crippen LogP contribution is -2.76. The molecule has 5 rings (SSSR count). The third-order valence-electron chi connectivity index (χ3n) is 11.4. The molecule has 226 valence electrons. The molecule has 1 N–H and O–H groups in total. The average Bonchev–Trinajstić information content (AvgIpc) is 3.46. The number of aliphatic hydroxyl groups excluding tert-OH is 1. The highest BCUT2D eigenvalue weighted by molar-refractivity contribution is 5.75. The second kappa shape index (κ2) is 9.97. The first-order chi connectivity index (χ1) is 19.2. The monoisotopic (exact) mass is 572 g/mol. The number of fused-ring (bicyclic) bond motifs is 3. The number of carbonyl (C=O) groups excluding carboxylic acids is 3. The molecule has 2 saturated heterocycles. The van der Waals surface area contributed by atoms with Gasteiger partial charge < -0.3 is 28.5 Å². The molecular weight excluding hydrogens is 528 g/mol. The highest BCUT2D eigenvalue weighted by atomic mass is 16.6. The Labute approximate surface area is 241 Å². The van der Waals surface area contributed by atoms with Gasteiger partial charge >= 0.3 is 17.9 Å². The summed E-state index contributed by atoms with van der Waals surface area (Å²) in [5.41, 5.74) is -1.91. The van der Waals surface area contributed by atoms with E-state index in [0.29, 0.717) is 19.3 Å². The van der Waals surface area contributed by atoms with Gasteiger partial charge in [0.1, 0.15) is 23.9 Å². The number of hydrogen-bond donors (Lipinski definition) is 1. The maximum atomic E-state index is 13.2. The summed E-state index contributed by atoms with van der Waals surface area (Å²) in [5, 5.41) is 12.1. The Bertz CT molecular complexity index is 1220. The van der Waals surface area contributed by atoms with Crippen molar-refractivity contribution in [3.05, 3.63) is 36.3 Å². The van der Waals surface area contributed by atoms with Gasteiger partial charge in [-0.1, -0.05) is 48.1 Å². The summed E-state index contributed by atoms with van der Waals surface area (Å²) in [4.78, 5) is 39.2. The molecule has 1 aromatic rings. The van der Waals surface area contributed by atoms with Crippen LogP contribution in [0.1, 0.15) is 85.3 Å². The average molecular weight is 573 g/mol. The molecule has 10 atom stereocenters. The van der Waals surface area contributed by atoms with Crippen LogP contribution in [0.2, 0.25) is 0 Å². The highest BCUT2D eigenvalue weighted by Crippen LogP contribution is 2.72. The summed E-state index contributed by atoms with van der Waals surface area (Å²) >= 11 is 0. The van der Waals surface area contributed by atoms with E-state index in [1.165, 1.54) is 7.11 Å². The number of esters is 3. The van der Waals surface area contributed by atoms with Gasteiger partial charge in [0.2, 0.25) is 0 Å². The molecule has 1 spiro atoms. The normalized spacial score (nSPS) is 41.9. The number of cyclic esters (lactones) is 1. The summed E-state index contributed by atoms with van der Waals surface area (Å²) in [6, 6.07) is 1.79. The minimum Gasteiger partial charge on any atom is -0.472 e. The Morgan fingerprint density at radius 1 is 1.24 bits per heavy atom. The molecule has 4 aliphatic rings. The number of methoxy groups -OCH3 is 1. The molecule has 9 heteroatoms. The van der Waals surface area contributed by atoms with Crippen LogP contribution >= 0.6 is 0 Å². The van der Waals surface area contributed by atoms with E-state index >= 15 is 0 Å². The number of carbonyl (C=O) groups is 3. The SMILES string of the molecule is C=C1C2CCC3(C)C(c4ccoc4)OC(=O)CC13OC1C(O)C(OC(=O)C(C)CC)C(C)(C)C(CC(=O)OC)C21C. The smallest absolute Gasteiger partial charge is 0.309 e. The molecule has 10 unspecified atom stereocenters. The molecule has 2 aliphatic heterocycles. The molecule has 0 radical (unpaired) electrons. The summed E-state index contributed by atoms with van der Waals surface area (Å²) in [5.74, 6) is -2.15. The van der Waals surface area contributed by atoms with Crippen molar-refractivity contribution in [3.8, 4) is 0 Å². The zero-order valence-electron chi connectivity index (χ0n) is 25.2. The second-order valence-corrected chi connectivity index (χ2v) is 13.7. The number of rotatable bonds is 6. The van der Waals surface area contributed by atoms with Crippen molar-refractivity contribution in [2.45, 2.75) is 104 Å². The third kappa shape index (κ3) is 4.05. The molecule has 3 heterocycles. The first kappa shape index (κ1) is 29.8. The Morgan fingerprint density at radius 2 is 1.95 bits per heavy atom. The lowest BCUT2D eigenvalue weighted by Gasteiger charge is -2.71. The van der Waals surface area contributed by atoms with E-state index in [9.17, 15) is 19.5 Å². The van der Waals surface area contributed by atoms with Gasteiger partial charge in [0, 0.05) is 28.2 Å². The highest BCUT2D eigenvalue weighted by Gasteiger charge is 2.75. The zero-order valence-corrected chi connectivity index (χ0v) is 25.2. The molecule has 2 saturated carbocycles. The third-order valence-corrected chi connectivity index (χ3v) is 11.4. The van der Waals surface area contributed by atoms with Crippen LogP contribution in [0.3, 0.4) is 0 Å². The van der Waals surface area contributed by atoms with Crippen LogP contribution in [0.5, 0.6) is 0 Å². The molecule has 41 heavy (non-hydrogen) atoms. The topological polar surface area (TPSA) is 122 Å². The molecule has 4 fully saturated rings. The summed E-state index contributed by atoms with van der Waals surface area (Å²) < 4.78 is 29.6. The van der Waals surface area contributed by atoms with E-state index in [-0.39, 0.29) is 30.6 Å². The van der Waals surface area contributed by atoms with Crippen molar-refractivity contribution in [2.24, 2.45) is 34.0 Å². The van der Waals surface area contributed by atoms with E-state index in [2.05, 4.69) is 6.58 Å². The summed E-state index contributed by atoms with van der Waals surface area (Å²) in [6.07, 6.45) is 1.43. The van der Waals surface area contributed by atoms with Crippen molar-refractivity contribution in [2.75, 3.05) is 7.11 Å². The second-order valence-electron chi connectivity index (χ2n) is 13.7.